The molecule has 0 fully saturated rings. The van der Waals surface area contributed by atoms with Crippen LogP contribution in [0.1, 0.15) is 142 Å². The topological polar surface area (TPSA) is 133 Å². The van der Waals surface area contributed by atoms with Gasteiger partial charge >= 0.3 is 11.9 Å². The lowest BCUT2D eigenvalue weighted by molar-refractivity contribution is -0.873. The molecule has 0 bridgehead atoms. The molecule has 0 saturated heterocycles. The van der Waals surface area contributed by atoms with Crippen LogP contribution in [-0.4, -0.2) is 100 Å². The third-order valence-corrected chi connectivity index (χ3v) is 7.82. The molecule has 0 amide bonds. The Bertz CT molecular complexity index is 937. The molecule has 0 aromatic rings. The maximum Gasteiger partial charge on any atom is 0.306 e. The second-order valence-corrected chi connectivity index (χ2v) is 15.5. The zero-order valence-electron chi connectivity index (χ0n) is 33.0. The number of rotatable bonds is 31. The molecule has 50 heavy (non-hydrogen) atoms. The Morgan fingerprint density at radius 3 is 1.24 bits per heavy atom. The van der Waals surface area contributed by atoms with Crippen LogP contribution in [0.2, 0.25) is 0 Å². The lowest BCUT2D eigenvalue weighted by Gasteiger charge is -2.29. The number of hydrogen-bond donors (Lipinski definition) is 0. The second-order valence-electron chi connectivity index (χ2n) is 15.5. The fraction of sp³-hybridized carbons (Fsp3) is 0.800. The van der Waals surface area contributed by atoms with Crippen molar-refractivity contribution in [1.29, 1.82) is 0 Å². The van der Waals surface area contributed by atoms with E-state index in [0.29, 0.717) is 34.9 Å². The summed E-state index contributed by atoms with van der Waals surface area (Å²) < 4.78 is 11.7. The van der Waals surface area contributed by atoms with E-state index in [2.05, 4.69) is 25.7 Å². The van der Waals surface area contributed by atoms with Crippen LogP contribution in [-0.2, 0) is 28.7 Å². The summed E-state index contributed by atoms with van der Waals surface area (Å²) in [6.45, 7) is 6.84. The number of carbonyl (C=O) groups excluding carboxylic acids is 4. The van der Waals surface area contributed by atoms with E-state index in [1.165, 1.54) is 44.9 Å². The summed E-state index contributed by atoms with van der Waals surface area (Å²) in [5, 5.41) is 21.6. The van der Waals surface area contributed by atoms with E-state index in [9.17, 15) is 29.4 Å². The minimum absolute atomic E-state index is 0.243. The van der Waals surface area contributed by atoms with Crippen LogP contribution in [0.15, 0.2) is 24.8 Å². The van der Waals surface area contributed by atoms with Gasteiger partial charge in [-0.1, -0.05) is 82.9 Å². The average Bonchev–Trinajstić information content (AvgIpc) is 2.97. The number of carboxylic acids is 2. The molecule has 10 nitrogen and oxygen atoms in total. The van der Waals surface area contributed by atoms with E-state index in [1.54, 1.807) is 0 Å². The van der Waals surface area contributed by atoms with Gasteiger partial charge in [0.05, 0.1) is 42.3 Å². The molecule has 0 radical (unpaired) electrons. The van der Waals surface area contributed by atoms with Crippen LogP contribution in [0.5, 0.6) is 0 Å². The number of carbonyl (C=O) groups is 4. The van der Waals surface area contributed by atoms with Gasteiger partial charge in [0.15, 0.2) is 12.2 Å². The highest BCUT2D eigenvalue weighted by Crippen LogP contribution is 2.13. The number of esters is 2. The van der Waals surface area contributed by atoms with Gasteiger partial charge in [-0.15, -0.1) is 6.58 Å². The van der Waals surface area contributed by atoms with E-state index in [4.69, 9.17) is 9.47 Å². The Labute approximate surface area is 305 Å². The Hall–Kier alpha value is -2.72. The van der Waals surface area contributed by atoms with Crippen molar-refractivity contribution in [2.45, 2.75) is 154 Å². The zero-order chi connectivity index (χ0) is 38.3. The van der Waals surface area contributed by atoms with E-state index < -0.39 is 24.1 Å². The largest absolute Gasteiger partial charge is 0.550 e. The molecule has 0 spiro atoms. The molecule has 0 aromatic heterocycles. The number of nitrogens with zero attached hydrogens (tertiary/aromatic N) is 2. The number of ether oxygens (including phenoxy) is 2. The van der Waals surface area contributed by atoms with Crippen LogP contribution in [0.4, 0.5) is 0 Å². The van der Waals surface area contributed by atoms with Crippen molar-refractivity contribution in [2.24, 2.45) is 0 Å². The number of aliphatic carboxylic acids is 2. The molecule has 2 unspecified atom stereocenters. The van der Waals surface area contributed by atoms with Crippen LogP contribution >= 0.6 is 0 Å². The quantitative estimate of drug-likeness (QED) is 0.0390. The smallest absolute Gasteiger partial charge is 0.306 e. The third kappa shape index (κ3) is 39.7. The monoisotopic (exact) mass is 711 g/mol. The first-order valence-electron chi connectivity index (χ1n) is 19.1. The average molecular weight is 711 g/mol. The normalized spacial score (nSPS) is 12.9. The fourth-order valence-electron chi connectivity index (χ4n) is 5.45. The summed E-state index contributed by atoms with van der Waals surface area (Å²) in [7, 11) is 11.6. The molecule has 0 aliphatic carbocycles. The van der Waals surface area contributed by atoms with Gasteiger partial charge in [0, 0.05) is 37.6 Å². The van der Waals surface area contributed by atoms with Gasteiger partial charge in [0.1, 0.15) is 13.1 Å². The Morgan fingerprint density at radius 2 is 0.900 bits per heavy atom. The van der Waals surface area contributed by atoms with E-state index in [0.717, 1.165) is 64.2 Å². The molecule has 0 saturated carbocycles. The Kier molecular flexibility index (Phi) is 30.7. The molecule has 292 valence electrons. The first-order chi connectivity index (χ1) is 23.5. The van der Waals surface area contributed by atoms with Crippen molar-refractivity contribution in [3.63, 3.8) is 0 Å². The molecule has 0 heterocycles. The molecule has 0 aliphatic heterocycles. The van der Waals surface area contributed by atoms with Crippen LogP contribution < -0.4 is 10.2 Å². The number of carboxylic acid groups (broad SMARTS) is 2. The highest BCUT2D eigenvalue weighted by atomic mass is 16.5. The van der Waals surface area contributed by atoms with Crippen LogP contribution in [0.3, 0.4) is 0 Å². The van der Waals surface area contributed by atoms with E-state index in [-0.39, 0.29) is 24.8 Å². The predicted octanol–water partition coefficient (Wildman–Crippen LogP) is 5.66. The second kappa shape index (κ2) is 31.1. The summed E-state index contributed by atoms with van der Waals surface area (Å²) in [5.74, 6) is -2.98. The van der Waals surface area contributed by atoms with Crippen LogP contribution in [0.25, 0.3) is 0 Å². The van der Waals surface area contributed by atoms with Crippen LogP contribution in [0, 0.1) is 0 Å². The van der Waals surface area contributed by atoms with Crippen molar-refractivity contribution in [3.05, 3.63) is 24.8 Å². The van der Waals surface area contributed by atoms with Crippen molar-refractivity contribution in [3.8, 4) is 0 Å². The summed E-state index contributed by atoms with van der Waals surface area (Å²) in [4.78, 5) is 45.4. The van der Waals surface area contributed by atoms with Crippen molar-refractivity contribution < 1.29 is 47.8 Å². The summed E-state index contributed by atoms with van der Waals surface area (Å²) in [6, 6.07) is 0. The predicted molar refractivity (Wildman–Crippen MR) is 198 cm³/mol. The number of allylic oxidation sites excluding steroid dienone is 3. The van der Waals surface area contributed by atoms with Gasteiger partial charge in [-0.3, -0.25) is 9.59 Å². The molecular formula is C40H74N2O8. The van der Waals surface area contributed by atoms with Crippen molar-refractivity contribution in [1.82, 2.24) is 0 Å². The fourth-order valence-corrected chi connectivity index (χ4v) is 5.45. The number of likely N-dealkylation sites (N-methyl/N-ethyl adjacent to an activating group) is 2. The molecule has 0 aromatic carbocycles. The summed E-state index contributed by atoms with van der Waals surface area (Å²) in [6.07, 6.45) is 24.7. The van der Waals surface area contributed by atoms with E-state index >= 15 is 0 Å². The standard InChI is InChI=1S/C23H43NO4.C17H31NO4/c1-5-6-7-8-9-10-11-12-13-14-15-16-17-18-23(27)28-21(19-22(25)26)20-24(2,3)4;1-5-6-7-8-9-10-11-12-17(21)22-15(13-16(19)20)14-18(2,3)4/h10-11,21H,5-9,12-20H2,1-4H3;5,15H,1,6-14H2,2-4H3. The Balaban J connectivity index is 0. The van der Waals surface area contributed by atoms with Gasteiger partial charge in [0.25, 0.3) is 0 Å². The van der Waals surface area contributed by atoms with Gasteiger partial charge in [-0.25, -0.2) is 0 Å². The molecule has 0 N–H and O–H groups in total. The third-order valence-electron chi connectivity index (χ3n) is 7.82. The van der Waals surface area contributed by atoms with Crippen molar-refractivity contribution in [2.75, 3.05) is 55.4 Å². The number of hydrogen-bond acceptors (Lipinski definition) is 8. The van der Waals surface area contributed by atoms with E-state index in [1.807, 2.05) is 48.4 Å². The lowest BCUT2D eigenvalue weighted by Crippen LogP contribution is -2.45. The highest BCUT2D eigenvalue weighted by molar-refractivity contribution is 5.71. The molecule has 2 atom stereocenters. The molecular weight excluding hydrogens is 636 g/mol. The number of unbranched alkanes of at least 4 members (excludes halogenated alkanes) is 14. The van der Waals surface area contributed by atoms with Gasteiger partial charge in [-0.2, -0.15) is 0 Å². The first-order valence-corrected chi connectivity index (χ1v) is 19.1. The van der Waals surface area contributed by atoms with Gasteiger partial charge in [-0.05, 0) is 51.4 Å². The maximum atomic E-state index is 12.0. The summed E-state index contributed by atoms with van der Waals surface area (Å²) in [5.41, 5.74) is 0. The Morgan fingerprint density at radius 1 is 0.560 bits per heavy atom. The highest BCUT2D eigenvalue weighted by Gasteiger charge is 2.23. The lowest BCUT2D eigenvalue weighted by atomic mass is 10.1. The van der Waals surface area contributed by atoms with Crippen molar-refractivity contribution >= 4 is 23.9 Å². The maximum absolute atomic E-state index is 12.0. The molecule has 0 rings (SSSR count). The van der Waals surface area contributed by atoms with Gasteiger partial charge in [0.2, 0.25) is 0 Å². The minimum Gasteiger partial charge on any atom is -0.550 e. The van der Waals surface area contributed by atoms with Gasteiger partial charge < -0.3 is 38.2 Å². The SMILES string of the molecule is C=CCCCCCCCC(=O)OC(CC(=O)[O-])C[N+](C)(C)C.CCCCCCC=CCCCCCCCC(=O)OC(CC(=O)[O-])C[N+](C)(C)C. The summed E-state index contributed by atoms with van der Waals surface area (Å²) >= 11 is 0. The molecule has 10 heteroatoms. The minimum atomic E-state index is -1.19. The number of quaternary nitrogens is 2. The first kappa shape index (κ1) is 49.4. The zero-order valence-corrected chi connectivity index (χ0v) is 33.0. The molecule has 0 aliphatic rings.